The standard InChI is InChI=1S/C36H32N2/c1-26-14-16-29(17-15-26)27(2)37-36(35-24-22-34(23-25-35)32-12-8-5-9-13-32)38-28(3)30-18-20-33(21-19-30)31-10-6-4-7-11-31/h5-6,8-25H,3-4,7H2,1-2H3/b37-27+,38-36-. The summed E-state index contributed by atoms with van der Waals surface area (Å²) in [7, 11) is 0. The van der Waals surface area contributed by atoms with Crippen LogP contribution in [0.5, 0.6) is 0 Å². The SMILES string of the molecule is C=C(/N=C(\N=C(/C)c1ccc(C)cc1)c1ccc(-c2ccccc2)cc1)c1ccc(C2=CCCC=C2)cc1. The number of benzene rings is 4. The Morgan fingerprint density at radius 3 is 1.89 bits per heavy atom. The van der Waals surface area contributed by atoms with Crippen LogP contribution in [0.4, 0.5) is 0 Å². The molecular weight excluding hydrogens is 460 g/mol. The lowest BCUT2D eigenvalue weighted by atomic mass is 9.98. The lowest BCUT2D eigenvalue weighted by Crippen LogP contribution is -2.04. The van der Waals surface area contributed by atoms with Crippen LogP contribution in [0.25, 0.3) is 22.4 Å². The molecule has 0 aromatic heterocycles. The van der Waals surface area contributed by atoms with Crippen LogP contribution in [0, 0.1) is 6.92 Å². The normalized spacial score (nSPS) is 13.8. The maximum Gasteiger partial charge on any atom is 0.160 e. The van der Waals surface area contributed by atoms with E-state index in [1.807, 2.05) is 13.0 Å². The Labute approximate surface area is 226 Å². The van der Waals surface area contributed by atoms with Gasteiger partial charge in [0.05, 0.1) is 5.70 Å². The van der Waals surface area contributed by atoms with E-state index >= 15 is 0 Å². The molecule has 0 aliphatic heterocycles. The molecule has 0 N–H and O–H groups in total. The molecule has 0 amide bonds. The number of amidine groups is 1. The third-order valence-electron chi connectivity index (χ3n) is 6.78. The molecule has 0 atom stereocenters. The third-order valence-corrected chi connectivity index (χ3v) is 6.78. The lowest BCUT2D eigenvalue weighted by molar-refractivity contribution is 1.04. The van der Waals surface area contributed by atoms with Crippen molar-refractivity contribution in [2.75, 3.05) is 0 Å². The van der Waals surface area contributed by atoms with Crippen molar-refractivity contribution < 1.29 is 0 Å². The van der Waals surface area contributed by atoms with Crippen LogP contribution >= 0.6 is 0 Å². The van der Waals surface area contributed by atoms with Crippen molar-refractivity contribution in [2.24, 2.45) is 9.98 Å². The van der Waals surface area contributed by atoms with E-state index < -0.39 is 0 Å². The zero-order valence-corrected chi connectivity index (χ0v) is 22.1. The van der Waals surface area contributed by atoms with Crippen molar-refractivity contribution in [2.45, 2.75) is 26.7 Å². The molecule has 0 spiro atoms. The Morgan fingerprint density at radius 2 is 1.24 bits per heavy atom. The van der Waals surface area contributed by atoms with Crippen LogP contribution < -0.4 is 0 Å². The summed E-state index contributed by atoms with van der Waals surface area (Å²) in [5.41, 5.74) is 10.7. The second kappa shape index (κ2) is 11.7. The first-order chi connectivity index (χ1) is 18.6. The van der Waals surface area contributed by atoms with Crippen LogP contribution in [0.3, 0.4) is 0 Å². The van der Waals surface area contributed by atoms with E-state index in [1.165, 1.54) is 22.3 Å². The molecule has 4 aromatic carbocycles. The Hall–Kier alpha value is -4.56. The minimum atomic E-state index is 0.648. The quantitative estimate of drug-likeness (QED) is 0.189. The Balaban J connectivity index is 1.48. The van der Waals surface area contributed by atoms with Gasteiger partial charge in [0.15, 0.2) is 5.84 Å². The molecule has 4 aromatic rings. The number of allylic oxidation sites excluding steroid dienone is 4. The van der Waals surface area contributed by atoms with Gasteiger partial charge in [0.25, 0.3) is 0 Å². The number of hydrogen-bond acceptors (Lipinski definition) is 1. The minimum Gasteiger partial charge on any atom is -0.233 e. The van der Waals surface area contributed by atoms with Gasteiger partial charge in [-0.1, -0.05) is 133 Å². The van der Waals surface area contributed by atoms with E-state index in [2.05, 4.69) is 129 Å². The summed E-state index contributed by atoms with van der Waals surface area (Å²) in [6.07, 6.45) is 8.93. The number of rotatable bonds is 6. The molecule has 0 bridgehead atoms. The van der Waals surface area contributed by atoms with E-state index in [-0.39, 0.29) is 0 Å². The number of aliphatic imine (C=N–C) groups is 2. The van der Waals surface area contributed by atoms with Crippen LogP contribution in [0.15, 0.2) is 138 Å². The second-order valence-electron chi connectivity index (χ2n) is 9.61. The fraction of sp³-hybridized carbons (Fsp3) is 0.111. The summed E-state index contributed by atoms with van der Waals surface area (Å²) in [4.78, 5) is 9.94. The van der Waals surface area contributed by atoms with Crippen molar-refractivity contribution in [3.8, 4) is 11.1 Å². The Morgan fingerprint density at radius 1 is 0.632 bits per heavy atom. The lowest BCUT2D eigenvalue weighted by Gasteiger charge is -2.10. The number of aryl methyl sites for hydroxylation is 1. The van der Waals surface area contributed by atoms with E-state index in [0.717, 1.165) is 40.8 Å². The molecule has 0 fully saturated rings. The summed E-state index contributed by atoms with van der Waals surface area (Å²) >= 11 is 0. The molecule has 1 aliphatic carbocycles. The number of nitrogens with zero attached hydrogens (tertiary/aromatic N) is 2. The van der Waals surface area contributed by atoms with Gasteiger partial charge in [-0.25, -0.2) is 9.98 Å². The molecule has 0 saturated carbocycles. The smallest absolute Gasteiger partial charge is 0.160 e. The van der Waals surface area contributed by atoms with Gasteiger partial charge in [-0.2, -0.15) is 0 Å². The molecule has 5 rings (SSSR count). The summed E-state index contributed by atoms with van der Waals surface area (Å²) in [5, 5.41) is 0. The van der Waals surface area contributed by atoms with Crippen LogP contribution in [-0.2, 0) is 0 Å². The highest BCUT2D eigenvalue weighted by Crippen LogP contribution is 2.25. The van der Waals surface area contributed by atoms with Crippen molar-refractivity contribution in [1.29, 1.82) is 0 Å². The van der Waals surface area contributed by atoms with Gasteiger partial charge in [0, 0.05) is 11.3 Å². The Kier molecular flexibility index (Phi) is 7.70. The average molecular weight is 493 g/mol. The molecular formula is C36H32N2. The van der Waals surface area contributed by atoms with E-state index in [9.17, 15) is 0 Å². The Bertz CT molecular complexity index is 1530. The van der Waals surface area contributed by atoms with Crippen molar-refractivity contribution in [1.82, 2.24) is 0 Å². The molecule has 2 nitrogen and oxygen atoms in total. The van der Waals surface area contributed by atoms with Crippen molar-refractivity contribution in [3.05, 3.63) is 156 Å². The van der Waals surface area contributed by atoms with Crippen LogP contribution in [0.1, 0.15) is 47.6 Å². The van der Waals surface area contributed by atoms with Gasteiger partial charge in [-0.3, -0.25) is 0 Å². The summed E-state index contributed by atoms with van der Waals surface area (Å²) < 4.78 is 0. The molecule has 38 heavy (non-hydrogen) atoms. The molecule has 0 unspecified atom stereocenters. The zero-order valence-electron chi connectivity index (χ0n) is 22.1. The van der Waals surface area contributed by atoms with Crippen molar-refractivity contribution >= 4 is 22.8 Å². The van der Waals surface area contributed by atoms with E-state index in [1.54, 1.807) is 0 Å². The minimum absolute atomic E-state index is 0.648. The van der Waals surface area contributed by atoms with Crippen molar-refractivity contribution in [3.63, 3.8) is 0 Å². The molecule has 1 aliphatic rings. The first-order valence-electron chi connectivity index (χ1n) is 13.1. The van der Waals surface area contributed by atoms with Gasteiger partial charge in [0.1, 0.15) is 0 Å². The van der Waals surface area contributed by atoms with Gasteiger partial charge in [0.2, 0.25) is 0 Å². The first kappa shape index (κ1) is 25.1. The maximum atomic E-state index is 4.99. The monoisotopic (exact) mass is 492 g/mol. The highest BCUT2D eigenvalue weighted by Gasteiger charge is 2.09. The molecule has 186 valence electrons. The maximum absolute atomic E-state index is 4.99. The summed E-state index contributed by atoms with van der Waals surface area (Å²) in [5.74, 6) is 0.648. The average Bonchev–Trinajstić information content (AvgIpc) is 2.98. The van der Waals surface area contributed by atoms with Gasteiger partial charge in [-0.15, -0.1) is 0 Å². The fourth-order valence-electron chi connectivity index (χ4n) is 4.49. The predicted molar refractivity (Wildman–Crippen MR) is 164 cm³/mol. The van der Waals surface area contributed by atoms with Crippen LogP contribution in [0.2, 0.25) is 0 Å². The van der Waals surface area contributed by atoms with Gasteiger partial charge < -0.3 is 0 Å². The van der Waals surface area contributed by atoms with Gasteiger partial charge >= 0.3 is 0 Å². The van der Waals surface area contributed by atoms with E-state index in [4.69, 9.17) is 9.98 Å². The largest absolute Gasteiger partial charge is 0.233 e. The highest BCUT2D eigenvalue weighted by atomic mass is 14.9. The fourth-order valence-corrected chi connectivity index (χ4v) is 4.49. The van der Waals surface area contributed by atoms with Gasteiger partial charge in [-0.05, 0) is 60.1 Å². The summed E-state index contributed by atoms with van der Waals surface area (Å²) in [6.45, 7) is 8.42. The summed E-state index contributed by atoms with van der Waals surface area (Å²) in [6, 6.07) is 35.7. The first-order valence-corrected chi connectivity index (χ1v) is 13.1. The molecule has 2 heteroatoms. The molecule has 0 heterocycles. The predicted octanol–water partition coefficient (Wildman–Crippen LogP) is 9.32. The molecule has 0 saturated heterocycles. The highest BCUT2D eigenvalue weighted by molar-refractivity contribution is 6.12. The topological polar surface area (TPSA) is 24.7 Å². The third kappa shape index (κ3) is 6.04. The number of hydrogen-bond donors (Lipinski definition) is 0. The second-order valence-corrected chi connectivity index (χ2v) is 9.61. The molecule has 0 radical (unpaired) electrons. The van der Waals surface area contributed by atoms with E-state index in [0.29, 0.717) is 11.5 Å². The van der Waals surface area contributed by atoms with Crippen LogP contribution in [-0.4, -0.2) is 11.5 Å². The zero-order chi connectivity index (χ0) is 26.3.